The zero-order valence-electron chi connectivity index (χ0n) is 12.3. The maximum Gasteiger partial charge on any atom is 0.418 e. The van der Waals surface area contributed by atoms with Crippen molar-refractivity contribution >= 4 is 22.9 Å². The fourth-order valence-electron chi connectivity index (χ4n) is 3.20. The maximum atomic E-state index is 13.1. The second-order valence-corrected chi connectivity index (χ2v) is 6.71. The van der Waals surface area contributed by atoms with Crippen LogP contribution in [0.15, 0.2) is 41.8 Å². The summed E-state index contributed by atoms with van der Waals surface area (Å²) in [6.45, 7) is 0. The first kappa shape index (κ1) is 16.1. The van der Waals surface area contributed by atoms with Gasteiger partial charge in [-0.05, 0) is 36.4 Å². The lowest BCUT2D eigenvalue weighted by molar-refractivity contribution is -0.137. The lowest BCUT2D eigenvalue weighted by Crippen LogP contribution is -2.37. The van der Waals surface area contributed by atoms with Crippen molar-refractivity contribution in [1.82, 2.24) is 0 Å². The Labute approximate surface area is 136 Å². The molecule has 0 spiro atoms. The van der Waals surface area contributed by atoms with Gasteiger partial charge in [-0.15, -0.1) is 11.3 Å². The normalized spacial score (nSPS) is 17.2. The second-order valence-electron chi connectivity index (χ2n) is 5.76. The van der Waals surface area contributed by atoms with Crippen LogP contribution in [0.3, 0.4) is 0 Å². The summed E-state index contributed by atoms with van der Waals surface area (Å²) in [5.41, 5.74) is -1.69. The Morgan fingerprint density at radius 2 is 1.78 bits per heavy atom. The largest absolute Gasteiger partial charge is 0.418 e. The van der Waals surface area contributed by atoms with Crippen LogP contribution in [0.25, 0.3) is 0 Å². The van der Waals surface area contributed by atoms with Gasteiger partial charge in [0.05, 0.1) is 16.7 Å². The Morgan fingerprint density at radius 1 is 1.09 bits per heavy atom. The van der Waals surface area contributed by atoms with Gasteiger partial charge in [-0.3, -0.25) is 4.79 Å². The molecule has 1 aliphatic rings. The molecule has 1 aromatic heterocycles. The van der Waals surface area contributed by atoms with E-state index in [1.807, 2.05) is 17.5 Å². The van der Waals surface area contributed by atoms with Crippen LogP contribution in [0.2, 0.25) is 0 Å². The van der Waals surface area contributed by atoms with Crippen molar-refractivity contribution in [2.45, 2.75) is 37.3 Å². The minimum atomic E-state index is -4.49. The third-order valence-electron chi connectivity index (χ3n) is 4.37. The summed E-state index contributed by atoms with van der Waals surface area (Å²) in [6, 6.07) is 8.88. The van der Waals surface area contributed by atoms with Gasteiger partial charge < -0.3 is 5.32 Å². The molecule has 1 fully saturated rings. The van der Waals surface area contributed by atoms with E-state index in [0.717, 1.165) is 23.8 Å². The van der Waals surface area contributed by atoms with Gasteiger partial charge in [0, 0.05) is 4.88 Å². The molecule has 0 bridgehead atoms. The van der Waals surface area contributed by atoms with Gasteiger partial charge in [-0.1, -0.05) is 31.0 Å². The highest BCUT2D eigenvalue weighted by Crippen LogP contribution is 2.44. The molecule has 2 aromatic rings. The molecule has 1 heterocycles. The molecule has 0 saturated heterocycles. The molecule has 0 aliphatic heterocycles. The Morgan fingerprint density at radius 3 is 2.39 bits per heavy atom. The molecule has 122 valence electrons. The molecule has 0 unspecified atom stereocenters. The number of para-hydroxylation sites is 1. The van der Waals surface area contributed by atoms with E-state index < -0.39 is 17.2 Å². The van der Waals surface area contributed by atoms with Gasteiger partial charge in [0.25, 0.3) is 0 Å². The summed E-state index contributed by atoms with van der Waals surface area (Å²) in [5, 5.41) is 4.43. The summed E-state index contributed by atoms with van der Waals surface area (Å²) in [4.78, 5) is 13.8. The third kappa shape index (κ3) is 3.00. The number of rotatable bonds is 3. The van der Waals surface area contributed by atoms with Gasteiger partial charge in [0.2, 0.25) is 5.91 Å². The van der Waals surface area contributed by atoms with Crippen LogP contribution < -0.4 is 5.32 Å². The number of halogens is 3. The number of thiophene rings is 1. The van der Waals surface area contributed by atoms with Crippen LogP contribution in [-0.2, 0) is 16.4 Å². The van der Waals surface area contributed by atoms with Gasteiger partial charge >= 0.3 is 6.18 Å². The lowest BCUT2D eigenvalue weighted by atomic mass is 9.83. The first-order valence-electron chi connectivity index (χ1n) is 7.45. The van der Waals surface area contributed by atoms with Crippen LogP contribution in [-0.4, -0.2) is 5.91 Å². The number of nitrogens with one attached hydrogen (secondary N) is 1. The minimum Gasteiger partial charge on any atom is -0.325 e. The van der Waals surface area contributed by atoms with E-state index >= 15 is 0 Å². The minimum absolute atomic E-state index is 0.173. The molecule has 3 rings (SSSR count). The Hall–Kier alpha value is -1.82. The van der Waals surface area contributed by atoms with Crippen molar-refractivity contribution in [3.63, 3.8) is 0 Å². The number of hydrogen-bond acceptors (Lipinski definition) is 2. The van der Waals surface area contributed by atoms with Gasteiger partial charge in [-0.25, -0.2) is 0 Å². The lowest BCUT2D eigenvalue weighted by Gasteiger charge is -2.27. The fraction of sp³-hybridized carbons (Fsp3) is 0.353. The van der Waals surface area contributed by atoms with Gasteiger partial charge in [0.1, 0.15) is 0 Å². The molecule has 23 heavy (non-hydrogen) atoms. The monoisotopic (exact) mass is 339 g/mol. The van der Waals surface area contributed by atoms with E-state index in [4.69, 9.17) is 0 Å². The maximum absolute atomic E-state index is 13.1. The van der Waals surface area contributed by atoms with Crippen molar-refractivity contribution in [1.29, 1.82) is 0 Å². The van der Waals surface area contributed by atoms with Crippen molar-refractivity contribution in [2.24, 2.45) is 0 Å². The molecule has 6 heteroatoms. The van der Waals surface area contributed by atoms with Gasteiger partial charge in [-0.2, -0.15) is 13.2 Å². The summed E-state index contributed by atoms with van der Waals surface area (Å²) in [7, 11) is 0. The van der Waals surface area contributed by atoms with Crippen molar-refractivity contribution in [3.05, 3.63) is 52.2 Å². The van der Waals surface area contributed by atoms with E-state index in [0.29, 0.717) is 12.8 Å². The van der Waals surface area contributed by atoms with Crippen LogP contribution in [0.4, 0.5) is 18.9 Å². The van der Waals surface area contributed by atoms with E-state index in [-0.39, 0.29) is 11.6 Å². The fourth-order valence-corrected chi connectivity index (χ4v) is 4.18. The third-order valence-corrected chi connectivity index (χ3v) is 5.44. The standard InChI is InChI=1S/C17H16F3NOS/c18-17(19,20)12-6-1-2-7-13(12)21-15(22)16(9-3-4-10-16)14-8-5-11-23-14/h1-2,5-8,11H,3-4,9-10H2,(H,21,22). The quantitative estimate of drug-likeness (QED) is 0.816. The van der Waals surface area contributed by atoms with Crippen LogP contribution in [0.5, 0.6) is 0 Å². The van der Waals surface area contributed by atoms with E-state index in [1.54, 1.807) is 0 Å². The first-order valence-corrected chi connectivity index (χ1v) is 8.33. The Kier molecular flexibility index (Phi) is 4.19. The molecule has 0 radical (unpaired) electrons. The van der Waals surface area contributed by atoms with Crippen molar-refractivity contribution < 1.29 is 18.0 Å². The SMILES string of the molecule is O=C(Nc1ccccc1C(F)(F)F)C1(c2cccs2)CCCC1. The predicted molar refractivity (Wildman–Crippen MR) is 84.5 cm³/mol. The first-order chi connectivity index (χ1) is 10.9. The highest BCUT2D eigenvalue weighted by Gasteiger charge is 2.44. The van der Waals surface area contributed by atoms with Crippen LogP contribution >= 0.6 is 11.3 Å². The van der Waals surface area contributed by atoms with E-state index in [2.05, 4.69) is 5.32 Å². The van der Waals surface area contributed by atoms with E-state index in [9.17, 15) is 18.0 Å². The molecule has 1 saturated carbocycles. The molecule has 1 amide bonds. The summed E-state index contributed by atoms with van der Waals surface area (Å²) < 4.78 is 39.3. The average molecular weight is 339 g/mol. The highest BCUT2D eigenvalue weighted by atomic mass is 32.1. The molecular weight excluding hydrogens is 323 g/mol. The molecule has 1 aliphatic carbocycles. The Balaban J connectivity index is 1.93. The number of anilines is 1. The molecule has 2 nitrogen and oxygen atoms in total. The summed E-state index contributed by atoms with van der Waals surface area (Å²) >= 11 is 1.48. The number of hydrogen-bond donors (Lipinski definition) is 1. The molecular formula is C17H16F3NOS. The van der Waals surface area contributed by atoms with E-state index in [1.165, 1.54) is 29.5 Å². The average Bonchev–Trinajstić information content (AvgIpc) is 3.18. The molecule has 0 atom stereocenters. The molecule has 1 aromatic carbocycles. The zero-order chi connectivity index (χ0) is 16.5. The van der Waals surface area contributed by atoms with Crippen LogP contribution in [0.1, 0.15) is 36.1 Å². The Bertz CT molecular complexity index is 688. The predicted octanol–water partition coefficient (Wildman–Crippen LogP) is 5.22. The smallest absolute Gasteiger partial charge is 0.325 e. The number of benzene rings is 1. The van der Waals surface area contributed by atoms with Crippen molar-refractivity contribution in [3.8, 4) is 0 Å². The second kappa shape index (κ2) is 6.00. The van der Waals surface area contributed by atoms with Crippen molar-refractivity contribution in [2.75, 3.05) is 5.32 Å². The summed E-state index contributed by atoms with van der Waals surface area (Å²) in [5.74, 6) is -0.339. The van der Waals surface area contributed by atoms with Crippen LogP contribution in [0, 0.1) is 0 Å². The topological polar surface area (TPSA) is 29.1 Å². The zero-order valence-corrected chi connectivity index (χ0v) is 13.1. The summed E-state index contributed by atoms with van der Waals surface area (Å²) in [6.07, 6.45) is -1.32. The number of alkyl halides is 3. The number of carbonyl (C=O) groups excluding carboxylic acids is 1. The molecule has 1 N–H and O–H groups in total. The number of amides is 1. The highest BCUT2D eigenvalue weighted by molar-refractivity contribution is 7.10. The number of carbonyl (C=O) groups is 1. The van der Waals surface area contributed by atoms with Gasteiger partial charge in [0.15, 0.2) is 0 Å².